The standard InChI is InChI=1S/C27H30O4.C25H30O9.C24H30O7.C19H24O2.C13H15IO3/c1-3-4-7-16-23-25(27(29)31-19-22-14-10-6-11-15-22)24(17-20(2)26(23)28)30-18-21-12-8-5-9-13-21;1-4-6-8-9-15-20(23(28)29)17(26)13-18(27)22(15)33-19-12-14(32-3)11-16-21(19)24(30)34-25(16,31)10-7-5-2;1-4-6-8-9-15-11-16(25)12-19(26)22(15)30-20-14-17(29-3)13-18-21(20)23(27)31-24(18,28)10-7-5-2;1-3-4-6-11-17-13-18(12-15(2)19(17)20)21-14-16-9-7-5-8-10-16;1-3-4-5-11(15)9-6-8(2)7-10(14)12(9)13(16)17/h5-6,8-15,17,28H,3-4,7,16,18-19H2,1-2H3;11-13,26-27,31H,4-10H2,1-3H3,(H,28,29);11-14,25-26,28H,4-10H2,1-3H3;5,7-10,12-13,20H,3-4,6,11,14H2,1-2H3;6-7H,3-5H2,1-2H3,(H,16,17). The maximum absolute atomic E-state index is 13.2. The van der Waals surface area contributed by atoms with Crippen LogP contribution >= 0.6 is 22.6 Å². The highest BCUT2D eigenvalue weighted by Crippen LogP contribution is 2.51. The molecule has 10 aromatic carbocycles. The number of carboxylic acid groups (broad SMARTS) is 2. The summed E-state index contributed by atoms with van der Waals surface area (Å²) < 4.78 is 51.5. The van der Waals surface area contributed by atoms with Crippen LogP contribution in [0.15, 0.2) is 164 Å². The first-order valence-electron chi connectivity index (χ1n) is 46.1. The van der Waals surface area contributed by atoms with Crippen LogP contribution in [-0.4, -0.2) is 101 Å². The molecular formula is C108H129IO25. The number of unbranched alkanes of at least 4 members (excludes halogenated alkanes) is 11. The average Bonchev–Trinajstić information content (AvgIpc) is 1.59. The number of methoxy groups -OCH3 is 2. The predicted octanol–water partition coefficient (Wildman–Crippen LogP) is 25.0. The molecule has 0 aliphatic carbocycles. The molecule has 0 saturated carbocycles. The molecule has 12 rings (SSSR count). The highest BCUT2D eigenvalue weighted by Gasteiger charge is 2.48. The van der Waals surface area contributed by atoms with Gasteiger partial charge in [-0.3, -0.25) is 4.79 Å². The van der Waals surface area contributed by atoms with Gasteiger partial charge in [-0.25, -0.2) is 24.0 Å². The minimum atomic E-state index is -1.86. The third-order valence-corrected chi connectivity index (χ3v) is 23.6. The van der Waals surface area contributed by atoms with Gasteiger partial charge in [-0.05, 0) is 201 Å². The number of benzene rings is 10. The number of ketones is 1. The molecule has 2 atom stereocenters. The van der Waals surface area contributed by atoms with E-state index in [1.165, 1.54) is 51.3 Å². The SMILES string of the molecule is CCCCC(=O)c1cc(C)cc(I)c1C(=O)O.CCCCCc1c(O)c(C)cc(OCc2ccccc2)c1C(=O)OCc1ccccc1.CCCCCc1c(Oc2cc(OC)cc3c2C(=O)OC3(O)CCCC)c(O)cc(O)c1C(=O)O.CCCCCc1cc(O)cc(O)c1Oc1cc(OC)cc2c1C(=O)OC2(O)CCCC.CCCCCc1cc(OCc2ccccc2)cc(C)c1O. The molecule has 134 heavy (non-hydrogen) atoms. The van der Waals surface area contributed by atoms with Crippen molar-refractivity contribution in [3.63, 3.8) is 0 Å². The van der Waals surface area contributed by atoms with Gasteiger partial charge in [-0.15, -0.1) is 0 Å². The fourth-order valence-electron chi connectivity index (χ4n) is 15.5. The number of halogens is 1. The zero-order valence-electron chi connectivity index (χ0n) is 78.9. The summed E-state index contributed by atoms with van der Waals surface area (Å²) in [5, 5.41) is 103. The highest BCUT2D eigenvalue weighted by molar-refractivity contribution is 14.1. The fourth-order valence-corrected chi connectivity index (χ4v) is 16.5. The number of aromatic carboxylic acids is 2. The lowest BCUT2D eigenvalue weighted by Gasteiger charge is -2.22. The lowest BCUT2D eigenvalue weighted by molar-refractivity contribution is -0.169. The molecule has 0 aromatic heterocycles. The second-order valence-corrected chi connectivity index (χ2v) is 34.5. The second kappa shape index (κ2) is 52.8. The number of carboxylic acids is 2. The van der Waals surface area contributed by atoms with Gasteiger partial charge >= 0.3 is 29.8 Å². The molecule has 2 aliphatic heterocycles. The number of cyclic esters (lactones) is 2. The summed E-state index contributed by atoms with van der Waals surface area (Å²) in [5.74, 6) is -6.97. The maximum atomic E-state index is 13.2. The Balaban J connectivity index is 0.000000210. The number of esters is 3. The molecule has 0 spiro atoms. The van der Waals surface area contributed by atoms with E-state index in [4.69, 9.17) is 47.7 Å². The maximum Gasteiger partial charge on any atom is 0.345 e. The van der Waals surface area contributed by atoms with Crippen LogP contribution in [0.2, 0.25) is 0 Å². The first kappa shape index (κ1) is 107. The first-order valence-corrected chi connectivity index (χ1v) is 47.2. The average molecular weight is 1950 g/mol. The van der Waals surface area contributed by atoms with Crippen LogP contribution in [0.4, 0.5) is 0 Å². The van der Waals surface area contributed by atoms with Gasteiger partial charge in [0, 0.05) is 80.5 Å². The van der Waals surface area contributed by atoms with Gasteiger partial charge in [-0.2, -0.15) is 0 Å². The number of fused-ring (bicyclic) bond motifs is 2. The summed E-state index contributed by atoms with van der Waals surface area (Å²) in [7, 11) is 2.88. The minimum absolute atomic E-state index is 0.0386. The van der Waals surface area contributed by atoms with Crippen molar-refractivity contribution < 1.29 is 122 Å². The molecule has 2 heterocycles. The molecule has 2 unspecified atom stereocenters. The molecule has 0 radical (unpaired) electrons. The number of aliphatic hydroxyl groups is 2. The Kier molecular flexibility index (Phi) is 42.1. The van der Waals surface area contributed by atoms with Crippen molar-refractivity contribution in [2.75, 3.05) is 14.2 Å². The Morgan fingerprint density at radius 2 is 0.858 bits per heavy atom. The van der Waals surface area contributed by atoms with Crippen LogP contribution in [0.1, 0.15) is 312 Å². The van der Waals surface area contributed by atoms with Crippen LogP contribution < -0.4 is 28.4 Å². The third kappa shape index (κ3) is 29.5. The Hall–Kier alpha value is -12.5. The monoisotopic (exact) mass is 1950 g/mol. The van der Waals surface area contributed by atoms with Gasteiger partial charge in [-0.1, -0.05) is 210 Å². The summed E-state index contributed by atoms with van der Waals surface area (Å²) in [6.45, 7) is 21.0. The Morgan fingerprint density at radius 1 is 0.410 bits per heavy atom. The topological polar surface area (TPSA) is 388 Å². The number of phenols is 6. The number of aromatic hydroxyl groups is 6. The van der Waals surface area contributed by atoms with Crippen LogP contribution in [0.25, 0.3) is 0 Å². The van der Waals surface area contributed by atoms with Crippen molar-refractivity contribution in [1.82, 2.24) is 0 Å². The molecular weight excluding hydrogens is 1820 g/mol. The quantitative estimate of drug-likeness (QED) is 0.00558. The van der Waals surface area contributed by atoms with Gasteiger partial charge in [0.25, 0.3) is 0 Å². The molecule has 10 aromatic rings. The number of Topliss-reactive ketones (excluding diaryl/α,β-unsaturated/α-hetero) is 1. The number of carbonyl (C=O) groups is 6. The number of ether oxygens (including phenoxy) is 9. The highest BCUT2D eigenvalue weighted by atomic mass is 127. The van der Waals surface area contributed by atoms with Crippen molar-refractivity contribution in [3.8, 4) is 80.5 Å². The van der Waals surface area contributed by atoms with Crippen molar-refractivity contribution in [1.29, 1.82) is 0 Å². The summed E-state index contributed by atoms with van der Waals surface area (Å²) in [6, 6.07) is 48.1. The summed E-state index contributed by atoms with van der Waals surface area (Å²) in [6.07, 6.45) is 19.2. The van der Waals surface area contributed by atoms with E-state index in [-0.39, 0.29) is 117 Å². The molecule has 10 N–H and O–H groups in total. The zero-order chi connectivity index (χ0) is 97.8. The van der Waals surface area contributed by atoms with E-state index in [2.05, 4.69) is 32.9 Å². The number of carbonyl (C=O) groups excluding carboxylic acids is 4. The molecule has 25 nitrogen and oxygen atoms in total. The third-order valence-electron chi connectivity index (χ3n) is 22.7. The van der Waals surface area contributed by atoms with E-state index in [1.54, 1.807) is 30.3 Å². The van der Waals surface area contributed by atoms with Gasteiger partial charge in [0.1, 0.15) is 99.6 Å². The number of rotatable bonds is 43. The van der Waals surface area contributed by atoms with E-state index < -0.39 is 52.9 Å². The zero-order valence-corrected chi connectivity index (χ0v) is 81.0. The second-order valence-electron chi connectivity index (χ2n) is 33.3. The van der Waals surface area contributed by atoms with Crippen molar-refractivity contribution >= 4 is 58.2 Å². The fraction of sp³-hybridized carbons (Fsp3) is 0.389. The van der Waals surface area contributed by atoms with Crippen molar-refractivity contribution in [3.05, 3.63) is 268 Å². The molecule has 26 heteroatoms. The largest absolute Gasteiger partial charge is 0.508 e. The van der Waals surface area contributed by atoms with Crippen LogP contribution in [-0.2, 0) is 71.3 Å². The summed E-state index contributed by atoms with van der Waals surface area (Å²) in [4.78, 5) is 73.6. The lowest BCUT2D eigenvalue weighted by Crippen LogP contribution is -2.25. The predicted molar refractivity (Wildman–Crippen MR) is 521 cm³/mol. The van der Waals surface area contributed by atoms with E-state index in [0.29, 0.717) is 100 Å². The first-order chi connectivity index (χ1) is 64.3. The lowest BCUT2D eigenvalue weighted by atomic mass is 9.96. The van der Waals surface area contributed by atoms with Gasteiger partial charge in [0.05, 0.1) is 19.8 Å². The summed E-state index contributed by atoms with van der Waals surface area (Å²) >= 11 is 1.96. The van der Waals surface area contributed by atoms with Gasteiger partial charge in [0.15, 0.2) is 28.8 Å². The number of hydrogen-bond acceptors (Lipinski definition) is 23. The smallest absolute Gasteiger partial charge is 0.345 e. The van der Waals surface area contributed by atoms with E-state index in [9.17, 15) is 74.7 Å². The van der Waals surface area contributed by atoms with Gasteiger partial charge in [0.2, 0.25) is 11.6 Å². The van der Waals surface area contributed by atoms with Crippen LogP contribution in [0.5, 0.6) is 80.5 Å². The van der Waals surface area contributed by atoms with E-state index >= 15 is 0 Å². The number of aryl methyl sites for hydroxylation is 5. The van der Waals surface area contributed by atoms with E-state index in [1.807, 2.05) is 162 Å². The van der Waals surface area contributed by atoms with Crippen LogP contribution in [0.3, 0.4) is 0 Å². The Morgan fingerprint density at radius 3 is 1.34 bits per heavy atom. The summed E-state index contributed by atoms with van der Waals surface area (Å²) in [5.41, 5.74) is 8.81. The molecule has 2 aliphatic rings. The number of phenolic OH excluding ortho intramolecular Hbond substituents is 5. The van der Waals surface area contributed by atoms with Crippen molar-refractivity contribution in [2.24, 2.45) is 0 Å². The molecule has 0 fully saturated rings. The number of hydrogen-bond donors (Lipinski definition) is 10. The van der Waals surface area contributed by atoms with Crippen molar-refractivity contribution in [2.45, 2.75) is 261 Å². The molecule has 0 amide bonds. The molecule has 0 bridgehead atoms. The Labute approximate surface area is 799 Å². The Bertz CT molecular complexity index is 5600. The van der Waals surface area contributed by atoms with E-state index in [0.717, 1.165) is 135 Å². The van der Waals surface area contributed by atoms with Gasteiger partial charge < -0.3 is 93.7 Å². The van der Waals surface area contributed by atoms with Crippen LogP contribution in [0, 0.1) is 24.3 Å². The molecule has 718 valence electrons. The molecule has 0 saturated heterocycles. The minimum Gasteiger partial charge on any atom is -0.508 e. The normalized spacial score (nSPS) is 13.7.